The summed E-state index contributed by atoms with van der Waals surface area (Å²) < 4.78 is 0. The normalized spacial score (nSPS) is 27.2. The van der Waals surface area contributed by atoms with Gasteiger partial charge in [-0.15, -0.1) is 0 Å². The molecule has 0 bridgehead atoms. The van der Waals surface area contributed by atoms with E-state index in [9.17, 15) is 9.59 Å². The lowest BCUT2D eigenvalue weighted by Crippen LogP contribution is -2.39. The van der Waals surface area contributed by atoms with Crippen molar-refractivity contribution in [3.8, 4) is 0 Å². The summed E-state index contributed by atoms with van der Waals surface area (Å²) in [5.74, 6) is -0.131. The molecule has 3 rings (SSSR count). The summed E-state index contributed by atoms with van der Waals surface area (Å²) in [6.07, 6.45) is 2.50. The molecule has 118 valence electrons. The number of amides is 2. The van der Waals surface area contributed by atoms with E-state index in [1.165, 1.54) is 5.56 Å². The predicted molar refractivity (Wildman–Crippen MR) is 86.6 cm³/mol. The molecular formula is C18H24N2O2. The first kappa shape index (κ1) is 15.1. The van der Waals surface area contributed by atoms with Crippen LogP contribution in [0, 0.1) is 11.8 Å². The summed E-state index contributed by atoms with van der Waals surface area (Å²) in [5.41, 5.74) is 2.25. The van der Waals surface area contributed by atoms with Crippen molar-refractivity contribution in [2.75, 3.05) is 4.90 Å². The molecule has 1 aliphatic carbocycles. The Balaban J connectivity index is 1.68. The fourth-order valence-corrected chi connectivity index (χ4v) is 3.29. The first-order valence-corrected chi connectivity index (χ1v) is 8.24. The van der Waals surface area contributed by atoms with E-state index in [0.717, 1.165) is 18.5 Å². The SMILES string of the molecule is CCC(C)NC(=O)C1CC1C(=O)N1c2ccccc2CC1C. The fraction of sp³-hybridized carbons (Fsp3) is 0.556. The number of hydrogen-bond acceptors (Lipinski definition) is 2. The topological polar surface area (TPSA) is 49.4 Å². The lowest BCUT2D eigenvalue weighted by Gasteiger charge is -2.23. The molecule has 22 heavy (non-hydrogen) atoms. The highest BCUT2D eigenvalue weighted by Crippen LogP contribution is 2.43. The molecule has 0 spiro atoms. The van der Waals surface area contributed by atoms with Gasteiger partial charge in [0.25, 0.3) is 0 Å². The van der Waals surface area contributed by atoms with Gasteiger partial charge in [-0.05, 0) is 44.7 Å². The van der Waals surface area contributed by atoms with Gasteiger partial charge in [0, 0.05) is 17.8 Å². The average Bonchev–Trinajstić information content (AvgIpc) is 3.23. The average molecular weight is 300 g/mol. The lowest BCUT2D eigenvalue weighted by atomic mass is 10.1. The second kappa shape index (κ2) is 5.75. The zero-order valence-electron chi connectivity index (χ0n) is 13.5. The molecule has 4 nitrogen and oxygen atoms in total. The maximum atomic E-state index is 12.8. The number of rotatable bonds is 4. The molecule has 2 aliphatic rings. The number of fused-ring (bicyclic) bond motifs is 1. The molecule has 1 aromatic carbocycles. The van der Waals surface area contributed by atoms with Crippen LogP contribution in [0.15, 0.2) is 24.3 Å². The van der Waals surface area contributed by atoms with Crippen LogP contribution < -0.4 is 10.2 Å². The van der Waals surface area contributed by atoms with Gasteiger partial charge in [0.1, 0.15) is 0 Å². The van der Waals surface area contributed by atoms with Crippen molar-refractivity contribution in [3.05, 3.63) is 29.8 Å². The maximum Gasteiger partial charge on any atom is 0.231 e. The maximum absolute atomic E-state index is 12.8. The van der Waals surface area contributed by atoms with Gasteiger partial charge in [0.05, 0.1) is 11.8 Å². The van der Waals surface area contributed by atoms with E-state index in [2.05, 4.69) is 18.3 Å². The molecule has 1 N–H and O–H groups in total. The van der Waals surface area contributed by atoms with Crippen LogP contribution in [0.3, 0.4) is 0 Å². The van der Waals surface area contributed by atoms with Crippen molar-refractivity contribution < 1.29 is 9.59 Å². The van der Waals surface area contributed by atoms with Crippen molar-refractivity contribution in [2.24, 2.45) is 11.8 Å². The number of nitrogens with zero attached hydrogens (tertiary/aromatic N) is 1. The van der Waals surface area contributed by atoms with Crippen LogP contribution in [0.2, 0.25) is 0 Å². The molecule has 1 heterocycles. The Morgan fingerprint density at radius 3 is 2.77 bits per heavy atom. The summed E-state index contributed by atoms with van der Waals surface area (Å²) in [7, 11) is 0. The van der Waals surface area contributed by atoms with Gasteiger partial charge in [-0.1, -0.05) is 25.1 Å². The Morgan fingerprint density at radius 1 is 1.32 bits per heavy atom. The van der Waals surface area contributed by atoms with E-state index in [-0.39, 0.29) is 35.7 Å². The molecule has 1 aliphatic heterocycles. The van der Waals surface area contributed by atoms with Crippen molar-refractivity contribution in [1.29, 1.82) is 0 Å². The Bertz CT molecular complexity index is 599. The van der Waals surface area contributed by atoms with Gasteiger partial charge in [-0.2, -0.15) is 0 Å². The van der Waals surface area contributed by atoms with Crippen LogP contribution >= 0.6 is 0 Å². The van der Waals surface area contributed by atoms with E-state index in [1.54, 1.807) is 0 Å². The molecule has 0 saturated heterocycles. The molecule has 0 radical (unpaired) electrons. The number of carbonyl (C=O) groups excluding carboxylic acids is 2. The molecule has 1 fully saturated rings. The number of nitrogens with one attached hydrogen (secondary N) is 1. The van der Waals surface area contributed by atoms with E-state index >= 15 is 0 Å². The van der Waals surface area contributed by atoms with Crippen molar-refractivity contribution >= 4 is 17.5 Å². The lowest BCUT2D eigenvalue weighted by molar-refractivity contribution is -0.126. The smallest absolute Gasteiger partial charge is 0.231 e. The number of hydrogen-bond donors (Lipinski definition) is 1. The highest BCUT2D eigenvalue weighted by atomic mass is 16.2. The van der Waals surface area contributed by atoms with Gasteiger partial charge in [-0.25, -0.2) is 0 Å². The van der Waals surface area contributed by atoms with Crippen LogP contribution in [0.25, 0.3) is 0 Å². The Morgan fingerprint density at radius 2 is 2.05 bits per heavy atom. The van der Waals surface area contributed by atoms with Crippen LogP contribution in [-0.4, -0.2) is 23.9 Å². The van der Waals surface area contributed by atoms with Gasteiger partial charge in [-0.3, -0.25) is 9.59 Å². The van der Waals surface area contributed by atoms with Crippen LogP contribution in [0.4, 0.5) is 5.69 Å². The summed E-state index contributed by atoms with van der Waals surface area (Å²) in [5, 5.41) is 2.99. The van der Waals surface area contributed by atoms with Gasteiger partial charge < -0.3 is 10.2 Å². The fourth-order valence-electron chi connectivity index (χ4n) is 3.29. The third-order valence-electron chi connectivity index (χ3n) is 4.89. The summed E-state index contributed by atoms with van der Waals surface area (Å²) >= 11 is 0. The molecular weight excluding hydrogens is 276 g/mol. The van der Waals surface area contributed by atoms with Crippen LogP contribution in [0.1, 0.15) is 39.2 Å². The molecule has 0 aromatic heterocycles. The second-order valence-electron chi connectivity index (χ2n) is 6.66. The zero-order chi connectivity index (χ0) is 15.9. The van der Waals surface area contributed by atoms with E-state index in [4.69, 9.17) is 0 Å². The van der Waals surface area contributed by atoms with Crippen molar-refractivity contribution in [2.45, 2.75) is 52.1 Å². The van der Waals surface area contributed by atoms with E-state index in [0.29, 0.717) is 6.42 Å². The Hall–Kier alpha value is -1.84. The monoisotopic (exact) mass is 300 g/mol. The van der Waals surface area contributed by atoms with Gasteiger partial charge >= 0.3 is 0 Å². The number of anilines is 1. The molecule has 1 aromatic rings. The minimum absolute atomic E-state index is 0.0350. The van der Waals surface area contributed by atoms with E-state index < -0.39 is 0 Å². The van der Waals surface area contributed by atoms with Gasteiger partial charge in [0.15, 0.2) is 0 Å². The van der Waals surface area contributed by atoms with Crippen LogP contribution in [-0.2, 0) is 16.0 Å². The van der Waals surface area contributed by atoms with Crippen molar-refractivity contribution in [1.82, 2.24) is 5.32 Å². The first-order valence-electron chi connectivity index (χ1n) is 8.24. The third kappa shape index (κ3) is 2.62. The van der Waals surface area contributed by atoms with Gasteiger partial charge in [0.2, 0.25) is 11.8 Å². The summed E-state index contributed by atoms with van der Waals surface area (Å²) in [6, 6.07) is 8.43. The molecule has 2 amide bonds. The standard InChI is InChI=1S/C18H24N2O2/c1-4-11(2)19-17(21)14-10-15(14)18(22)20-12(3)9-13-7-5-6-8-16(13)20/h5-8,11-12,14-15H,4,9-10H2,1-3H3,(H,19,21). The summed E-state index contributed by atoms with van der Waals surface area (Å²) in [6.45, 7) is 6.12. The molecule has 4 unspecified atom stereocenters. The molecule has 1 saturated carbocycles. The van der Waals surface area contributed by atoms with Crippen molar-refractivity contribution in [3.63, 3.8) is 0 Å². The van der Waals surface area contributed by atoms with Crippen LogP contribution in [0.5, 0.6) is 0 Å². The first-order chi connectivity index (χ1) is 10.5. The second-order valence-corrected chi connectivity index (χ2v) is 6.66. The summed E-state index contributed by atoms with van der Waals surface area (Å²) in [4.78, 5) is 26.8. The number of carbonyl (C=O) groups is 2. The largest absolute Gasteiger partial charge is 0.353 e. The Kier molecular flexibility index (Phi) is 3.94. The minimum atomic E-state index is -0.141. The number of benzene rings is 1. The highest BCUT2D eigenvalue weighted by molar-refractivity contribution is 6.02. The minimum Gasteiger partial charge on any atom is -0.353 e. The molecule has 4 heteroatoms. The molecule has 4 atom stereocenters. The third-order valence-corrected chi connectivity index (χ3v) is 4.89. The zero-order valence-corrected chi connectivity index (χ0v) is 13.5. The predicted octanol–water partition coefficient (Wildman–Crippen LogP) is 2.52. The quantitative estimate of drug-likeness (QED) is 0.929. The Labute approximate surface area is 131 Å². The highest BCUT2D eigenvalue weighted by Gasteiger charge is 2.51. The number of para-hydroxylation sites is 1. The van der Waals surface area contributed by atoms with E-state index in [1.807, 2.05) is 36.9 Å².